The summed E-state index contributed by atoms with van der Waals surface area (Å²) in [6, 6.07) is 12.6. The van der Waals surface area contributed by atoms with Crippen LogP contribution in [-0.2, 0) is 0 Å². The topological polar surface area (TPSA) is 69.8 Å². The molecule has 2 aromatic carbocycles. The summed E-state index contributed by atoms with van der Waals surface area (Å²) in [5.41, 5.74) is 3.15. The van der Waals surface area contributed by atoms with Crippen molar-refractivity contribution in [2.24, 2.45) is 0 Å². The highest BCUT2D eigenvalue weighted by atomic mass is 35.5. The molecule has 1 fully saturated rings. The zero-order chi connectivity index (χ0) is 18.1. The van der Waals surface area contributed by atoms with Gasteiger partial charge in [-0.3, -0.25) is 5.10 Å². The molecule has 0 saturated heterocycles. The van der Waals surface area contributed by atoms with Crippen LogP contribution < -0.4 is 10.6 Å². The zero-order valence-corrected chi connectivity index (χ0v) is 14.5. The van der Waals surface area contributed by atoms with Crippen molar-refractivity contribution in [3.05, 3.63) is 65.1 Å². The summed E-state index contributed by atoms with van der Waals surface area (Å²) < 4.78 is 13.6. The minimum Gasteiger partial charge on any atom is -0.308 e. The van der Waals surface area contributed by atoms with E-state index in [2.05, 4.69) is 20.8 Å². The number of urea groups is 1. The van der Waals surface area contributed by atoms with Crippen LogP contribution in [0.1, 0.15) is 24.5 Å². The fraction of sp³-hybridized carbons (Fsp3) is 0.158. The number of halogens is 2. The molecule has 5 nitrogen and oxygen atoms in total. The van der Waals surface area contributed by atoms with Crippen LogP contribution in [0.5, 0.6) is 0 Å². The molecule has 26 heavy (non-hydrogen) atoms. The summed E-state index contributed by atoms with van der Waals surface area (Å²) in [7, 11) is 0. The summed E-state index contributed by atoms with van der Waals surface area (Å²) in [6.07, 6.45) is 2.07. The summed E-state index contributed by atoms with van der Waals surface area (Å²) in [5, 5.41) is 13.4. The van der Waals surface area contributed by atoms with Gasteiger partial charge in [0.1, 0.15) is 11.5 Å². The minimum atomic E-state index is -0.409. The first-order chi connectivity index (χ1) is 12.6. The molecule has 0 unspecified atom stereocenters. The molecule has 7 heteroatoms. The third-order valence-electron chi connectivity index (χ3n) is 4.20. The second-order valence-corrected chi connectivity index (χ2v) is 6.67. The number of aromatic amines is 1. The summed E-state index contributed by atoms with van der Waals surface area (Å²) in [4.78, 5) is 12.5. The Labute approximate surface area is 154 Å². The largest absolute Gasteiger partial charge is 0.323 e. The monoisotopic (exact) mass is 370 g/mol. The van der Waals surface area contributed by atoms with E-state index in [1.807, 2.05) is 0 Å². The molecule has 1 aromatic heterocycles. The molecule has 4 rings (SSSR count). The SMILES string of the molecule is O=C(Nc1cccc(Cl)c1)Nc1c(-c2cccc(F)c2)n[nH]c1C1CC1. The van der Waals surface area contributed by atoms with Gasteiger partial charge in [-0.1, -0.05) is 29.8 Å². The fourth-order valence-corrected chi connectivity index (χ4v) is 3.03. The van der Waals surface area contributed by atoms with E-state index >= 15 is 0 Å². The van der Waals surface area contributed by atoms with Gasteiger partial charge in [-0.2, -0.15) is 5.10 Å². The van der Waals surface area contributed by atoms with E-state index in [4.69, 9.17) is 11.6 Å². The lowest BCUT2D eigenvalue weighted by molar-refractivity contribution is 0.262. The maximum atomic E-state index is 13.6. The molecular formula is C19H16ClFN4O. The van der Waals surface area contributed by atoms with E-state index in [1.54, 1.807) is 36.4 Å². The highest BCUT2D eigenvalue weighted by Crippen LogP contribution is 2.45. The predicted molar refractivity (Wildman–Crippen MR) is 100 cm³/mol. The molecule has 1 aliphatic rings. The predicted octanol–water partition coefficient (Wildman–Crippen LogP) is 5.39. The van der Waals surface area contributed by atoms with Crippen LogP contribution >= 0.6 is 11.6 Å². The maximum Gasteiger partial charge on any atom is 0.323 e. The van der Waals surface area contributed by atoms with E-state index in [0.717, 1.165) is 18.5 Å². The Kier molecular flexibility index (Phi) is 4.34. The fourth-order valence-electron chi connectivity index (χ4n) is 2.84. The van der Waals surface area contributed by atoms with Crippen LogP contribution in [0.3, 0.4) is 0 Å². The van der Waals surface area contributed by atoms with Crippen LogP contribution in [0.4, 0.5) is 20.6 Å². The molecule has 0 radical (unpaired) electrons. The van der Waals surface area contributed by atoms with Gasteiger partial charge in [0.15, 0.2) is 0 Å². The number of aromatic nitrogens is 2. The summed E-state index contributed by atoms with van der Waals surface area (Å²) in [6.45, 7) is 0. The van der Waals surface area contributed by atoms with E-state index < -0.39 is 6.03 Å². The third-order valence-corrected chi connectivity index (χ3v) is 4.43. The van der Waals surface area contributed by atoms with Crippen LogP contribution in [0, 0.1) is 5.82 Å². The van der Waals surface area contributed by atoms with Crippen molar-refractivity contribution < 1.29 is 9.18 Å². The van der Waals surface area contributed by atoms with E-state index in [0.29, 0.717) is 33.6 Å². The number of hydrogen-bond donors (Lipinski definition) is 3. The van der Waals surface area contributed by atoms with Crippen LogP contribution in [0.2, 0.25) is 5.02 Å². The van der Waals surface area contributed by atoms with Gasteiger partial charge in [-0.25, -0.2) is 9.18 Å². The normalized spacial score (nSPS) is 13.5. The number of anilines is 2. The third kappa shape index (κ3) is 3.55. The van der Waals surface area contributed by atoms with Crippen molar-refractivity contribution >= 4 is 29.0 Å². The zero-order valence-electron chi connectivity index (χ0n) is 13.7. The van der Waals surface area contributed by atoms with Crippen LogP contribution in [0.25, 0.3) is 11.3 Å². The number of benzene rings is 2. The number of H-pyrrole nitrogens is 1. The molecule has 1 saturated carbocycles. The number of nitrogens with zero attached hydrogens (tertiary/aromatic N) is 1. The molecule has 0 bridgehead atoms. The first kappa shape index (κ1) is 16.6. The second kappa shape index (κ2) is 6.80. The van der Waals surface area contributed by atoms with Gasteiger partial charge in [0.2, 0.25) is 0 Å². The van der Waals surface area contributed by atoms with Gasteiger partial charge in [-0.05, 0) is 43.2 Å². The van der Waals surface area contributed by atoms with Gasteiger partial charge >= 0.3 is 6.03 Å². The number of hydrogen-bond acceptors (Lipinski definition) is 2. The van der Waals surface area contributed by atoms with Gasteiger partial charge < -0.3 is 10.6 Å². The summed E-state index contributed by atoms with van der Waals surface area (Å²) in [5.74, 6) is -0.0147. The standard InChI is InChI=1S/C19H16ClFN4O/c20-13-4-2-6-15(10-13)22-19(26)23-18-16(11-7-8-11)24-25-17(18)12-3-1-5-14(21)9-12/h1-6,9-11H,7-8H2,(H,24,25)(H2,22,23,26). The highest BCUT2D eigenvalue weighted by molar-refractivity contribution is 6.30. The lowest BCUT2D eigenvalue weighted by Gasteiger charge is -2.10. The van der Waals surface area contributed by atoms with E-state index in [9.17, 15) is 9.18 Å². The molecule has 3 aromatic rings. The summed E-state index contributed by atoms with van der Waals surface area (Å²) >= 11 is 5.94. The quantitative estimate of drug-likeness (QED) is 0.576. The Balaban J connectivity index is 1.62. The average molecular weight is 371 g/mol. The lowest BCUT2D eigenvalue weighted by Crippen LogP contribution is -2.20. The first-order valence-electron chi connectivity index (χ1n) is 8.28. The molecule has 1 aliphatic carbocycles. The second-order valence-electron chi connectivity index (χ2n) is 6.23. The number of rotatable bonds is 4. The molecule has 0 aliphatic heterocycles. The Morgan fingerprint density at radius 3 is 2.69 bits per heavy atom. The smallest absolute Gasteiger partial charge is 0.308 e. The highest BCUT2D eigenvalue weighted by Gasteiger charge is 2.31. The molecule has 132 valence electrons. The van der Waals surface area contributed by atoms with Crippen molar-refractivity contribution in [2.75, 3.05) is 10.6 Å². The Hall–Kier alpha value is -2.86. The lowest BCUT2D eigenvalue weighted by atomic mass is 10.1. The number of carbonyl (C=O) groups is 1. The minimum absolute atomic E-state index is 0.339. The van der Waals surface area contributed by atoms with Crippen molar-refractivity contribution in [2.45, 2.75) is 18.8 Å². The first-order valence-corrected chi connectivity index (χ1v) is 8.66. The number of carbonyl (C=O) groups excluding carboxylic acids is 1. The van der Waals surface area contributed by atoms with E-state index in [1.165, 1.54) is 12.1 Å². The Bertz CT molecular complexity index is 968. The molecular weight excluding hydrogens is 355 g/mol. The molecule has 2 amide bonds. The number of nitrogens with one attached hydrogen (secondary N) is 3. The van der Waals surface area contributed by atoms with Gasteiger partial charge in [0, 0.05) is 22.2 Å². The Morgan fingerprint density at radius 2 is 1.96 bits per heavy atom. The van der Waals surface area contributed by atoms with Gasteiger partial charge in [0.05, 0.1) is 11.4 Å². The molecule has 0 atom stereocenters. The van der Waals surface area contributed by atoms with Crippen molar-refractivity contribution in [3.8, 4) is 11.3 Å². The van der Waals surface area contributed by atoms with E-state index in [-0.39, 0.29) is 5.82 Å². The van der Waals surface area contributed by atoms with Crippen LogP contribution in [-0.4, -0.2) is 16.2 Å². The van der Waals surface area contributed by atoms with Crippen LogP contribution in [0.15, 0.2) is 48.5 Å². The van der Waals surface area contributed by atoms with Crippen molar-refractivity contribution in [1.82, 2.24) is 10.2 Å². The average Bonchev–Trinajstić information content (AvgIpc) is 3.36. The maximum absolute atomic E-state index is 13.6. The van der Waals surface area contributed by atoms with Crippen molar-refractivity contribution in [1.29, 1.82) is 0 Å². The molecule has 1 heterocycles. The van der Waals surface area contributed by atoms with Gasteiger partial charge in [-0.15, -0.1) is 0 Å². The van der Waals surface area contributed by atoms with Gasteiger partial charge in [0.25, 0.3) is 0 Å². The Morgan fingerprint density at radius 1 is 1.15 bits per heavy atom. The van der Waals surface area contributed by atoms with Crippen molar-refractivity contribution in [3.63, 3.8) is 0 Å². The number of amides is 2. The molecule has 3 N–H and O–H groups in total. The molecule has 0 spiro atoms.